The van der Waals surface area contributed by atoms with E-state index in [1.165, 1.54) is 4.57 Å². The van der Waals surface area contributed by atoms with Gasteiger partial charge in [0, 0.05) is 18.1 Å². The highest BCUT2D eigenvalue weighted by Crippen LogP contribution is 2.26. The number of hydrogen-bond donors (Lipinski definition) is 1. The molecule has 0 aliphatic heterocycles. The van der Waals surface area contributed by atoms with Crippen molar-refractivity contribution in [2.45, 2.75) is 0 Å². The molecule has 0 spiro atoms. The van der Waals surface area contributed by atoms with E-state index in [2.05, 4.69) is 10.3 Å². The zero-order valence-electron chi connectivity index (χ0n) is 11.9. The second kappa shape index (κ2) is 4.73. The Hall–Kier alpha value is -3.08. The molecule has 0 amide bonds. The molecule has 2 heterocycles. The molecule has 2 aromatic heterocycles. The highest BCUT2D eigenvalue weighted by Gasteiger charge is 2.15. The Kier molecular flexibility index (Phi) is 2.72. The number of aromatic nitrogens is 2. The van der Waals surface area contributed by atoms with E-state index in [-0.39, 0.29) is 11.1 Å². The van der Waals surface area contributed by atoms with E-state index in [0.29, 0.717) is 17.0 Å². The van der Waals surface area contributed by atoms with Gasteiger partial charge in [0.2, 0.25) is 11.5 Å². The quantitative estimate of drug-likeness (QED) is 0.614. The van der Waals surface area contributed by atoms with Gasteiger partial charge in [0.1, 0.15) is 11.1 Å². The van der Waals surface area contributed by atoms with Crippen molar-refractivity contribution in [1.29, 1.82) is 0 Å². The van der Waals surface area contributed by atoms with Crippen molar-refractivity contribution in [1.82, 2.24) is 9.55 Å². The van der Waals surface area contributed by atoms with Gasteiger partial charge in [-0.2, -0.15) is 0 Å². The Morgan fingerprint density at radius 2 is 1.77 bits per heavy atom. The lowest BCUT2D eigenvalue weighted by atomic mass is 10.2. The summed E-state index contributed by atoms with van der Waals surface area (Å²) in [7, 11) is 1.67. The molecule has 0 saturated carbocycles. The summed E-state index contributed by atoms with van der Waals surface area (Å²) >= 11 is 0. The summed E-state index contributed by atoms with van der Waals surface area (Å²) in [6, 6.07) is 17.1. The zero-order valence-corrected chi connectivity index (χ0v) is 11.9. The molecule has 1 N–H and O–H groups in total. The van der Waals surface area contributed by atoms with Crippen molar-refractivity contribution in [3.63, 3.8) is 0 Å². The molecular formula is C17H13N3O2. The highest BCUT2D eigenvalue weighted by atomic mass is 16.3. The van der Waals surface area contributed by atoms with Crippen LogP contribution in [0.5, 0.6) is 0 Å². The Morgan fingerprint density at radius 3 is 2.59 bits per heavy atom. The standard InChI is InChI=1S/C17H13N3O2/c1-20-16(21)15-14(12-9-5-6-10-13(12)22-15)19-17(20)18-11-7-3-2-4-8-11/h2-10H,1H3,(H,18,19). The maximum Gasteiger partial charge on any atom is 0.298 e. The van der Waals surface area contributed by atoms with Crippen LogP contribution >= 0.6 is 0 Å². The fourth-order valence-corrected chi connectivity index (χ4v) is 2.48. The Labute approximate surface area is 125 Å². The molecule has 0 aliphatic rings. The predicted molar refractivity (Wildman–Crippen MR) is 86.5 cm³/mol. The van der Waals surface area contributed by atoms with Crippen molar-refractivity contribution >= 4 is 33.7 Å². The summed E-state index contributed by atoms with van der Waals surface area (Å²) in [6.45, 7) is 0. The van der Waals surface area contributed by atoms with Gasteiger partial charge in [-0.1, -0.05) is 30.3 Å². The third kappa shape index (κ3) is 1.87. The van der Waals surface area contributed by atoms with Crippen LogP contribution in [0.25, 0.3) is 22.1 Å². The fourth-order valence-electron chi connectivity index (χ4n) is 2.48. The molecule has 0 unspecified atom stereocenters. The molecule has 4 aromatic rings. The van der Waals surface area contributed by atoms with Gasteiger partial charge >= 0.3 is 0 Å². The van der Waals surface area contributed by atoms with Crippen molar-refractivity contribution in [3.8, 4) is 0 Å². The van der Waals surface area contributed by atoms with Crippen LogP contribution in [-0.4, -0.2) is 9.55 Å². The third-order valence-corrected chi connectivity index (χ3v) is 3.63. The molecule has 108 valence electrons. The van der Waals surface area contributed by atoms with Crippen LogP contribution in [0.1, 0.15) is 0 Å². The topological polar surface area (TPSA) is 60.1 Å². The van der Waals surface area contributed by atoms with Gasteiger partial charge in [-0.15, -0.1) is 0 Å². The fraction of sp³-hybridized carbons (Fsp3) is 0.0588. The number of benzene rings is 2. The first-order chi connectivity index (χ1) is 10.7. The summed E-state index contributed by atoms with van der Waals surface area (Å²) in [5.74, 6) is 0.482. The van der Waals surface area contributed by atoms with Crippen molar-refractivity contribution in [2.24, 2.45) is 7.05 Å². The Balaban J connectivity index is 1.97. The van der Waals surface area contributed by atoms with Gasteiger partial charge in [0.25, 0.3) is 5.56 Å². The molecule has 0 atom stereocenters. The largest absolute Gasteiger partial charge is 0.448 e. The molecule has 4 rings (SSSR count). The molecule has 0 bridgehead atoms. The number of rotatable bonds is 2. The van der Waals surface area contributed by atoms with Gasteiger partial charge in [0.05, 0.1) is 0 Å². The third-order valence-electron chi connectivity index (χ3n) is 3.63. The number of para-hydroxylation sites is 2. The van der Waals surface area contributed by atoms with Crippen LogP contribution < -0.4 is 10.9 Å². The lowest BCUT2D eigenvalue weighted by Crippen LogP contribution is -2.20. The van der Waals surface area contributed by atoms with Crippen LogP contribution in [0.15, 0.2) is 63.8 Å². The number of nitrogens with zero attached hydrogens (tertiary/aromatic N) is 2. The number of anilines is 2. The number of furan rings is 1. The maximum atomic E-state index is 12.5. The summed E-state index contributed by atoms with van der Waals surface area (Å²) < 4.78 is 7.10. The minimum Gasteiger partial charge on any atom is -0.448 e. The number of fused-ring (bicyclic) bond motifs is 3. The van der Waals surface area contributed by atoms with Crippen LogP contribution in [0.2, 0.25) is 0 Å². The molecule has 0 saturated heterocycles. The van der Waals surface area contributed by atoms with E-state index < -0.39 is 0 Å². The molecule has 22 heavy (non-hydrogen) atoms. The predicted octanol–water partition coefficient (Wildman–Crippen LogP) is 3.42. The van der Waals surface area contributed by atoms with Crippen LogP contribution in [-0.2, 0) is 7.05 Å². The van der Waals surface area contributed by atoms with E-state index >= 15 is 0 Å². The minimum absolute atomic E-state index is 0.209. The molecule has 0 fully saturated rings. The second-order valence-corrected chi connectivity index (χ2v) is 5.07. The monoisotopic (exact) mass is 291 g/mol. The molecule has 0 radical (unpaired) electrons. The van der Waals surface area contributed by atoms with E-state index in [0.717, 1.165) is 11.1 Å². The first-order valence-corrected chi connectivity index (χ1v) is 6.94. The molecule has 5 nitrogen and oxygen atoms in total. The summed E-state index contributed by atoms with van der Waals surface area (Å²) in [6.07, 6.45) is 0. The second-order valence-electron chi connectivity index (χ2n) is 5.07. The van der Waals surface area contributed by atoms with Gasteiger partial charge in [-0.05, 0) is 24.3 Å². The van der Waals surface area contributed by atoms with Gasteiger partial charge in [-0.3, -0.25) is 9.36 Å². The number of nitrogens with one attached hydrogen (secondary N) is 1. The van der Waals surface area contributed by atoms with Crippen molar-refractivity contribution in [3.05, 3.63) is 65.0 Å². The normalized spacial score (nSPS) is 11.1. The molecular weight excluding hydrogens is 278 g/mol. The average Bonchev–Trinajstić information content (AvgIpc) is 2.92. The molecule has 0 aliphatic carbocycles. The first-order valence-electron chi connectivity index (χ1n) is 6.94. The lowest BCUT2D eigenvalue weighted by Gasteiger charge is -2.09. The molecule has 2 aromatic carbocycles. The van der Waals surface area contributed by atoms with Gasteiger partial charge in [0.15, 0.2) is 0 Å². The number of hydrogen-bond acceptors (Lipinski definition) is 4. The highest BCUT2D eigenvalue weighted by molar-refractivity contribution is 6.02. The first kappa shape index (κ1) is 12.6. The maximum absolute atomic E-state index is 12.5. The van der Waals surface area contributed by atoms with E-state index in [1.807, 2.05) is 54.6 Å². The van der Waals surface area contributed by atoms with Crippen LogP contribution in [0, 0.1) is 0 Å². The van der Waals surface area contributed by atoms with Crippen molar-refractivity contribution < 1.29 is 4.42 Å². The minimum atomic E-state index is -0.209. The molecule has 5 heteroatoms. The van der Waals surface area contributed by atoms with Crippen LogP contribution in [0.3, 0.4) is 0 Å². The Morgan fingerprint density at radius 1 is 1.05 bits per heavy atom. The Bertz CT molecular complexity index is 1030. The summed E-state index contributed by atoms with van der Waals surface area (Å²) in [5, 5.41) is 4.01. The van der Waals surface area contributed by atoms with Crippen LogP contribution in [0.4, 0.5) is 11.6 Å². The SMILES string of the molecule is Cn1c(Nc2ccccc2)nc2c(oc3ccccc32)c1=O. The smallest absolute Gasteiger partial charge is 0.298 e. The van der Waals surface area contributed by atoms with E-state index in [4.69, 9.17) is 4.42 Å². The summed E-state index contributed by atoms with van der Waals surface area (Å²) in [5.41, 5.74) is 2.19. The van der Waals surface area contributed by atoms with Gasteiger partial charge in [-0.25, -0.2) is 4.98 Å². The lowest BCUT2D eigenvalue weighted by molar-refractivity contribution is 0.652. The summed E-state index contributed by atoms with van der Waals surface area (Å²) in [4.78, 5) is 17.1. The van der Waals surface area contributed by atoms with E-state index in [9.17, 15) is 4.79 Å². The average molecular weight is 291 g/mol. The zero-order chi connectivity index (χ0) is 15.1. The van der Waals surface area contributed by atoms with Crippen molar-refractivity contribution in [2.75, 3.05) is 5.32 Å². The van der Waals surface area contributed by atoms with Gasteiger partial charge < -0.3 is 9.73 Å². The van der Waals surface area contributed by atoms with E-state index in [1.54, 1.807) is 7.05 Å².